The predicted octanol–water partition coefficient (Wildman–Crippen LogP) is 2.19. The SMILES string of the molecule is O=C(NCCC1=CCNCC1)c1ccc(Br)c(O)c1. The number of aromatic hydroxyl groups is 1. The molecule has 0 fully saturated rings. The lowest BCUT2D eigenvalue weighted by atomic mass is 10.1. The molecule has 0 saturated heterocycles. The number of phenolic OH excluding ortho intramolecular Hbond substituents is 1. The summed E-state index contributed by atoms with van der Waals surface area (Å²) in [5, 5.41) is 15.7. The molecule has 1 aromatic carbocycles. The van der Waals surface area contributed by atoms with Crippen LogP contribution >= 0.6 is 15.9 Å². The number of carbonyl (C=O) groups is 1. The summed E-state index contributed by atoms with van der Waals surface area (Å²) >= 11 is 3.19. The molecule has 4 nitrogen and oxygen atoms in total. The first-order chi connectivity index (χ1) is 9.16. The Kier molecular flexibility index (Phi) is 4.99. The molecule has 2 rings (SSSR count). The molecule has 3 N–H and O–H groups in total. The zero-order valence-corrected chi connectivity index (χ0v) is 12.2. The molecule has 1 amide bonds. The van der Waals surface area contributed by atoms with Crippen LogP contribution in [-0.4, -0.2) is 30.6 Å². The molecule has 0 radical (unpaired) electrons. The number of hydrogen-bond acceptors (Lipinski definition) is 3. The number of halogens is 1. The summed E-state index contributed by atoms with van der Waals surface area (Å²) in [5.41, 5.74) is 1.86. The van der Waals surface area contributed by atoms with Gasteiger partial charge in [0.15, 0.2) is 0 Å². The molecule has 0 aromatic heterocycles. The Balaban J connectivity index is 1.83. The van der Waals surface area contributed by atoms with Gasteiger partial charge in [-0.2, -0.15) is 0 Å². The van der Waals surface area contributed by atoms with Gasteiger partial charge >= 0.3 is 0 Å². The van der Waals surface area contributed by atoms with Crippen molar-refractivity contribution in [1.29, 1.82) is 0 Å². The van der Waals surface area contributed by atoms with Crippen molar-refractivity contribution in [3.63, 3.8) is 0 Å². The maximum atomic E-state index is 11.9. The molecule has 0 atom stereocenters. The normalized spacial score (nSPS) is 14.9. The number of phenols is 1. The van der Waals surface area contributed by atoms with Gasteiger partial charge in [-0.25, -0.2) is 0 Å². The highest BCUT2D eigenvalue weighted by molar-refractivity contribution is 9.10. The number of nitrogens with one attached hydrogen (secondary N) is 2. The highest BCUT2D eigenvalue weighted by Crippen LogP contribution is 2.24. The highest BCUT2D eigenvalue weighted by atomic mass is 79.9. The van der Waals surface area contributed by atoms with Gasteiger partial charge in [0.2, 0.25) is 0 Å². The van der Waals surface area contributed by atoms with Crippen molar-refractivity contribution < 1.29 is 9.90 Å². The fourth-order valence-electron chi connectivity index (χ4n) is 1.99. The molecule has 1 aliphatic heterocycles. The van der Waals surface area contributed by atoms with Gasteiger partial charge in [-0.1, -0.05) is 11.6 Å². The first kappa shape index (κ1) is 14.1. The maximum absolute atomic E-state index is 11.9. The van der Waals surface area contributed by atoms with Crippen molar-refractivity contribution in [2.45, 2.75) is 12.8 Å². The molecule has 1 aromatic rings. The molecule has 0 aliphatic carbocycles. The van der Waals surface area contributed by atoms with Gasteiger partial charge in [0.05, 0.1) is 4.47 Å². The second-order valence-corrected chi connectivity index (χ2v) is 5.34. The van der Waals surface area contributed by atoms with Crippen molar-refractivity contribution in [1.82, 2.24) is 10.6 Å². The first-order valence-corrected chi connectivity index (χ1v) is 7.11. The number of rotatable bonds is 4. The summed E-state index contributed by atoms with van der Waals surface area (Å²) < 4.78 is 0.587. The van der Waals surface area contributed by atoms with Gasteiger partial charge in [0, 0.05) is 18.7 Å². The van der Waals surface area contributed by atoms with E-state index in [4.69, 9.17) is 0 Å². The van der Waals surface area contributed by atoms with Crippen molar-refractivity contribution in [2.24, 2.45) is 0 Å². The smallest absolute Gasteiger partial charge is 0.251 e. The van der Waals surface area contributed by atoms with Crippen LogP contribution in [0.3, 0.4) is 0 Å². The van der Waals surface area contributed by atoms with Crippen LogP contribution in [0.15, 0.2) is 34.3 Å². The fraction of sp³-hybridized carbons (Fsp3) is 0.357. The highest BCUT2D eigenvalue weighted by Gasteiger charge is 2.08. The lowest BCUT2D eigenvalue weighted by Crippen LogP contribution is -2.26. The Hall–Kier alpha value is -1.33. The standard InChI is InChI=1S/C14H17BrN2O2/c15-12-2-1-11(9-13(12)18)14(19)17-8-5-10-3-6-16-7-4-10/h1-3,9,16,18H,4-8H2,(H,17,19). The molecule has 0 unspecified atom stereocenters. The van der Waals surface area contributed by atoms with Crippen LogP contribution in [0.2, 0.25) is 0 Å². The molecule has 1 heterocycles. The van der Waals surface area contributed by atoms with Crippen LogP contribution in [0, 0.1) is 0 Å². The second-order valence-electron chi connectivity index (χ2n) is 4.49. The van der Waals surface area contributed by atoms with E-state index in [1.54, 1.807) is 12.1 Å². The Morgan fingerprint density at radius 3 is 3.00 bits per heavy atom. The Labute approximate surface area is 121 Å². The zero-order chi connectivity index (χ0) is 13.7. The number of hydrogen-bond donors (Lipinski definition) is 3. The van der Waals surface area contributed by atoms with Gasteiger partial charge in [-0.3, -0.25) is 4.79 Å². The third-order valence-electron chi connectivity index (χ3n) is 3.10. The summed E-state index contributed by atoms with van der Waals surface area (Å²) in [4.78, 5) is 11.9. The van der Waals surface area contributed by atoms with Crippen molar-refractivity contribution in [3.8, 4) is 5.75 Å². The first-order valence-electron chi connectivity index (χ1n) is 6.32. The predicted molar refractivity (Wildman–Crippen MR) is 78.3 cm³/mol. The van der Waals surface area contributed by atoms with Crippen LogP contribution in [-0.2, 0) is 0 Å². The number of benzene rings is 1. The van der Waals surface area contributed by atoms with Gasteiger partial charge in [-0.15, -0.1) is 0 Å². The molecular weight excluding hydrogens is 308 g/mol. The van der Waals surface area contributed by atoms with E-state index in [1.807, 2.05) is 0 Å². The lowest BCUT2D eigenvalue weighted by molar-refractivity contribution is 0.0953. The Morgan fingerprint density at radius 2 is 2.32 bits per heavy atom. The van der Waals surface area contributed by atoms with Gasteiger partial charge in [0.25, 0.3) is 5.91 Å². The maximum Gasteiger partial charge on any atom is 0.251 e. The molecular formula is C14H17BrN2O2. The third-order valence-corrected chi connectivity index (χ3v) is 3.77. The van der Waals surface area contributed by atoms with Crippen molar-refractivity contribution in [3.05, 3.63) is 39.9 Å². The van der Waals surface area contributed by atoms with Crippen LogP contribution in [0.4, 0.5) is 0 Å². The number of amides is 1. The minimum absolute atomic E-state index is 0.0775. The van der Waals surface area contributed by atoms with E-state index in [0.717, 1.165) is 25.9 Å². The summed E-state index contributed by atoms with van der Waals surface area (Å²) in [6.07, 6.45) is 4.12. The molecule has 102 valence electrons. The number of carbonyl (C=O) groups excluding carboxylic acids is 1. The van der Waals surface area contributed by atoms with E-state index < -0.39 is 0 Å². The monoisotopic (exact) mass is 324 g/mol. The quantitative estimate of drug-likeness (QED) is 0.744. The second kappa shape index (κ2) is 6.73. The third kappa shape index (κ3) is 4.08. The average Bonchev–Trinajstić information content (AvgIpc) is 2.43. The summed E-state index contributed by atoms with van der Waals surface area (Å²) in [5.74, 6) is -0.0777. The largest absolute Gasteiger partial charge is 0.507 e. The molecule has 0 bridgehead atoms. The van der Waals surface area contributed by atoms with E-state index in [1.165, 1.54) is 11.6 Å². The lowest BCUT2D eigenvalue weighted by Gasteiger charge is -2.14. The average molecular weight is 325 g/mol. The van der Waals surface area contributed by atoms with Gasteiger partial charge in [-0.05, 0) is 53.5 Å². The van der Waals surface area contributed by atoms with Crippen LogP contribution in [0.25, 0.3) is 0 Å². The van der Waals surface area contributed by atoms with Gasteiger partial charge in [0.1, 0.15) is 5.75 Å². The van der Waals surface area contributed by atoms with E-state index in [2.05, 4.69) is 32.6 Å². The molecule has 1 aliphatic rings. The minimum Gasteiger partial charge on any atom is -0.507 e. The Bertz CT molecular complexity index is 500. The topological polar surface area (TPSA) is 61.4 Å². The van der Waals surface area contributed by atoms with Gasteiger partial charge < -0.3 is 15.7 Å². The van der Waals surface area contributed by atoms with E-state index >= 15 is 0 Å². The summed E-state index contributed by atoms with van der Waals surface area (Å²) in [6, 6.07) is 4.81. The molecule has 5 heteroatoms. The molecule has 19 heavy (non-hydrogen) atoms. The fourth-order valence-corrected chi connectivity index (χ4v) is 2.24. The van der Waals surface area contributed by atoms with E-state index in [9.17, 15) is 9.90 Å². The van der Waals surface area contributed by atoms with Crippen LogP contribution < -0.4 is 10.6 Å². The van der Waals surface area contributed by atoms with Crippen LogP contribution in [0.5, 0.6) is 5.75 Å². The molecule has 0 spiro atoms. The summed E-state index contributed by atoms with van der Waals surface area (Å²) in [7, 11) is 0. The van der Waals surface area contributed by atoms with E-state index in [0.29, 0.717) is 16.6 Å². The van der Waals surface area contributed by atoms with Crippen LogP contribution in [0.1, 0.15) is 23.2 Å². The van der Waals surface area contributed by atoms with Crippen molar-refractivity contribution in [2.75, 3.05) is 19.6 Å². The minimum atomic E-state index is -0.155. The zero-order valence-electron chi connectivity index (χ0n) is 10.6. The van der Waals surface area contributed by atoms with Crippen molar-refractivity contribution >= 4 is 21.8 Å². The van der Waals surface area contributed by atoms with E-state index in [-0.39, 0.29) is 11.7 Å². The Morgan fingerprint density at radius 1 is 1.47 bits per heavy atom. The molecule has 0 saturated carbocycles. The summed E-state index contributed by atoms with van der Waals surface area (Å²) in [6.45, 7) is 2.56.